The van der Waals surface area contributed by atoms with E-state index in [1.54, 1.807) is 0 Å². The van der Waals surface area contributed by atoms with E-state index >= 15 is 0 Å². The molecule has 1 unspecified atom stereocenters. The van der Waals surface area contributed by atoms with Crippen LogP contribution < -0.4 is 5.32 Å². The Bertz CT molecular complexity index is 486. The monoisotopic (exact) mass is 306 g/mol. The molecular weight excluding hydrogens is 284 g/mol. The number of carbonyl (C=O) groups is 2. The van der Waals surface area contributed by atoms with Crippen LogP contribution in [0, 0.1) is 0 Å². The Hall–Kier alpha value is -2.18. The summed E-state index contributed by atoms with van der Waals surface area (Å²) in [5, 5.41) is 19.1. The van der Waals surface area contributed by atoms with Crippen LogP contribution in [0.4, 0.5) is 0 Å². The quantitative estimate of drug-likeness (QED) is 0.724. The molecule has 1 aromatic rings. The van der Waals surface area contributed by atoms with Crippen LogP contribution in [0.25, 0.3) is 0 Å². The van der Waals surface area contributed by atoms with E-state index in [4.69, 9.17) is 10.2 Å². The summed E-state index contributed by atoms with van der Waals surface area (Å²) in [6, 6.07) is 11.3. The maximum atomic E-state index is 9.55. The number of nitrogens with zero attached hydrogens (tertiary/aromatic N) is 1. The van der Waals surface area contributed by atoms with Crippen LogP contribution in [-0.4, -0.2) is 52.7 Å². The topological polar surface area (TPSA) is 89.9 Å². The first-order chi connectivity index (χ1) is 10.5. The molecule has 120 valence electrons. The lowest BCUT2D eigenvalue weighted by Gasteiger charge is -2.31. The number of carboxylic acid groups (broad SMARTS) is 2. The number of hydrogen-bond donors (Lipinski definition) is 3. The Balaban J connectivity index is 0.000000261. The van der Waals surface area contributed by atoms with Crippen LogP contribution in [0.15, 0.2) is 42.5 Å². The van der Waals surface area contributed by atoms with Crippen molar-refractivity contribution in [2.75, 3.05) is 19.6 Å². The van der Waals surface area contributed by atoms with Crippen molar-refractivity contribution in [1.82, 2.24) is 10.2 Å². The highest BCUT2D eigenvalue weighted by atomic mass is 16.4. The Morgan fingerprint density at radius 2 is 1.82 bits per heavy atom. The van der Waals surface area contributed by atoms with Crippen LogP contribution in [0.5, 0.6) is 0 Å². The summed E-state index contributed by atoms with van der Waals surface area (Å²) < 4.78 is 0. The van der Waals surface area contributed by atoms with Gasteiger partial charge in [0.25, 0.3) is 0 Å². The van der Waals surface area contributed by atoms with Crippen molar-refractivity contribution in [3.05, 3.63) is 48.0 Å². The number of hydrogen-bond acceptors (Lipinski definition) is 4. The van der Waals surface area contributed by atoms with Crippen molar-refractivity contribution in [1.29, 1.82) is 0 Å². The molecule has 22 heavy (non-hydrogen) atoms. The van der Waals surface area contributed by atoms with Crippen LogP contribution in [0.1, 0.15) is 12.5 Å². The molecule has 1 heterocycles. The predicted octanol–water partition coefficient (Wildman–Crippen LogP) is 1.19. The molecule has 2 rings (SSSR count). The summed E-state index contributed by atoms with van der Waals surface area (Å²) in [5.74, 6) is -2.51. The first-order valence-electron chi connectivity index (χ1n) is 7.11. The molecule has 1 atom stereocenters. The number of carboxylic acids is 2. The van der Waals surface area contributed by atoms with Crippen LogP contribution >= 0.6 is 0 Å². The Morgan fingerprint density at radius 3 is 2.32 bits per heavy atom. The molecule has 1 saturated heterocycles. The van der Waals surface area contributed by atoms with Crippen molar-refractivity contribution >= 4 is 11.9 Å². The third kappa shape index (κ3) is 8.18. The fourth-order valence-corrected chi connectivity index (χ4v) is 2.14. The zero-order chi connectivity index (χ0) is 16.4. The molecule has 0 bridgehead atoms. The summed E-state index contributed by atoms with van der Waals surface area (Å²) in [4.78, 5) is 21.6. The van der Waals surface area contributed by atoms with E-state index in [1.165, 1.54) is 12.1 Å². The maximum absolute atomic E-state index is 9.55. The molecular formula is C16H22N2O4. The predicted molar refractivity (Wildman–Crippen MR) is 83.6 cm³/mol. The summed E-state index contributed by atoms with van der Waals surface area (Å²) in [5.41, 5.74) is 1.42. The number of aliphatic carboxylic acids is 2. The number of nitrogens with one attached hydrogen (secondary N) is 1. The fraction of sp³-hybridized carbons (Fsp3) is 0.375. The van der Waals surface area contributed by atoms with Gasteiger partial charge in [-0.25, -0.2) is 9.59 Å². The summed E-state index contributed by atoms with van der Waals surface area (Å²) in [6.07, 6.45) is 1.12. The molecule has 0 amide bonds. The average Bonchev–Trinajstić information content (AvgIpc) is 2.47. The molecule has 1 aliphatic rings. The van der Waals surface area contributed by atoms with Crippen molar-refractivity contribution in [3.63, 3.8) is 0 Å². The standard InChI is InChI=1S/C12H18N2.C4H4O4/c1-11-9-14(8-7-13-11)10-12-5-3-2-4-6-12;5-3(6)1-2-4(7)8/h2-6,11,13H,7-10H2,1H3;1-2H,(H,5,6)(H,7,8). The smallest absolute Gasteiger partial charge is 0.328 e. The molecule has 3 N–H and O–H groups in total. The average molecular weight is 306 g/mol. The van der Waals surface area contributed by atoms with Gasteiger partial charge in [0.2, 0.25) is 0 Å². The number of benzene rings is 1. The molecule has 6 heteroatoms. The second kappa shape index (κ2) is 9.70. The van der Waals surface area contributed by atoms with Gasteiger partial charge in [-0.05, 0) is 12.5 Å². The van der Waals surface area contributed by atoms with Crippen molar-refractivity contribution < 1.29 is 19.8 Å². The molecule has 0 radical (unpaired) electrons. The minimum absolute atomic E-state index is 0.558. The van der Waals surface area contributed by atoms with Crippen LogP contribution in [0.3, 0.4) is 0 Å². The van der Waals surface area contributed by atoms with E-state index in [-0.39, 0.29) is 0 Å². The molecule has 0 aliphatic carbocycles. The Morgan fingerprint density at radius 1 is 1.23 bits per heavy atom. The lowest BCUT2D eigenvalue weighted by atomic mass is 10.2. The van der Waals surface area contributed by atoms with Crippen molar-refractivity contribution in [2.24, 2.45) is 0 Å². The molecule has 1 aromatic carbocycles. The van der Waals surface area contributed by atoms with E-state index in [1.807, 2.05) is 0 Å². The third-order valence-electron chi connectivity index (χ3n) is 3.07. The van der Waals surface area contributed by atoms with Gasteiger partial charge in [0.05, 0.1) is 0 Å². The van der Waals surface area contributed by atoms with Gasteiger partial charge < -0.3 is 15.5 Å². The van der Waals surface area contributed by atoms with Gasteiger partial charge in [-0.2, -0.15) is 0 Å². The molecule has 1 aliphatic heterocycles. The van der Waals surface area contributed by atoms with Crippen LogP contribution in [0.2, 0.25) is 0 Å². The lowest BCUT2D eigenvalue weighted by molar-refractivity contribution is -0.134. The first-order valence-corrected chi connectivity index (χ1v) is 7.11. The van der Waals surface area contributed by atoms with Crippen LogP contribution in [-0.2, 0) is 16.1 Å². The summed E-state index contributed by atoms with van der Waals surface area (Å²) in [6.45, 7) is 6.78. The molecule has 0 spiro atoms. The highest BCUT2D eigenvalue weighted by molar-refractivity contribution is 5.89. The van der Waals surface area contributed by atoms with E-state index in [9.17, 15) is 9.59 Å². The van der Waals surface area contributed by atoms with Gasteiger partial charge in [0.1, 0.15) is 0 Å². The van der Waals surface area contributed by atoms with Crippen molar-refractivity contribution in [2.45, 2.75) is 19.5 Å². The Labute approximate surface area is 130 Å². The summed E-state index contributed by atoms with van der Waals surface area (Å²) in [7, 11) is 0. The van der Waals surface area contributed by atoms with E-state index in [2.05, 4.69) is 47.5 Å². The second-order valence-corrected chi connectivity index (χ2v) is 5.09. The zero-order valence-electron chi connectivity index (χ0n) is 12.6. The zero-order valence-corrected chi connectivity index (χ0v) is 12.6. The normalized spacial score (nSPS) is 18.5. The van der Waals surface area contributed by atoms with Gasteiger partial charge in [-0.15, -0.1) is 0 Å². The fourth-order valence-electron chi connectivity index (χ4n) is 2.14. The maximum Gasteiger partial charge on any atom is 0.328 e. The van der Waals surface area contributed by atoms with Gasteiger partial charge >= 0.3 is 11.9 Å². The highest BCUT2D eigenvalue weighted by Crippen LogP contribution is 2.06. The Kier molecular flexibility index (Phi) is 7.88. The van der Waals surface area contributed by atoms with E-state index in [0.29, 0.717) is 18.2 Å². The van der Waals surface area contributed by atoms with Gasteiger partial charge in [-0.3, -0.25) is 4.90 Å². The number of rotatable bonds is 4. The molecule has 0 aromatic heterocycles. The number of piperazine rings is 1. The van der Waals surface area contributed by atoms with E-state index < -0.39 is 11.9 Å². The van der Waals surface area contributed by atoms with E-state index in [0.717, 1.165) is 19.6 Å². The minimum Gasteiger partial charge on any atom is -0.478 e. The van der Waals surface area contributed by atoms with Gasteiger partial charge in [0.15, 0.2) is 0 Å². The molecule has 6 nitrogen and oxygen atoms in total. The second-order valence-electron chi connectivity index (χ2n) is 5.09. The molecule has 1 fully saturated rings. The minimum atomic E-state index is -1.26. The lowest BCUT2D eigenvalue weighted by Crippen LogP contribution is -2.48. The summed E-state index contributed by atoms with van der Waals surface area (Å²) >= 11 is 0. The van der Waals surface area contributed by atoms with Crippen molar-refractivity contribution in [3.8, 4) is 0 Å². The highest BCUT2D eigenvalue weighted by Gasteiger charge is 2.14. The van der Waals surface area contributed by atoms with Gasteiger partial charge in [0, 0.05) is 44.4 Å². The third-order valence-corrected chi connectivity index (χ3v) is 3.07. The first kappa shape index (κ1) is 17.9. The SMILES string of the molecule is CC1CN(Cc2ccccc2)CCN1.O=C(O)C=CC(=O)O. The molecule has 0 saturated carbocycles. The largest absolute Gasteiger partial charge is 0.478 e. The van der Waals surface area contributed by atoms with Gasteiger partial charge in [-0.1, -0.05) is 30.3 Å².